The number of Topliss-reactive ketones (excluding diaryl/α,β-unsaturated/α-hetero) is 1. The number of hydrogen-bond donors (Lipinski definition) is 2. The van der Waals surface area contributed by atoms with Crippen LogP contribution in [0.15, 0.2) is 24.3 Å². The second-order valence-electron chi connectivity index (χ2n) is 3.69. The number of carbonyl (C=O) groups excluding carboxylic acids is 3. The minimum atomic E-state index is -0.343. The molecule has 2 amide bonds. The molecule has 0 bridgehead atoms. The normalized spacial score (nSPS) is 9.53. The molecule has 0 unspecified atom stereocenters. The third kappa shape index (κ3) is 4.92. The van der Waals surface area contributed by atoms with Crippen molar-refractivity contribution in [2.45, 2.75) is 20.3 Å². The summed E-state index contributed by atoms with van der Waals surface area (Å²) in [6.07, 6.45) is -0.132. The van der Waals surface area contributed by atoms with Crippen LogP contribution in [-0.2, 0) is 14.4 Å². The highest BCUT2D eigenvalue weighted by molar-refractivity contribution is 6.03. The van der Waals surface area contributed by atoms with Crippen LogP contribution in [0.2, 0.25) is 0 Å². The van der Waals surface area contributed by atoms with E-state index in [-0.39, 0.29) is 24.0 Å². The largest absolute Gasteiger partial charge is 0.326 e. The Bertz CT molecular complexity index is 438. The number of benzene rings is 1. The predicted molar refractivity (Wildman–Crippen MR) is 64.7 cm³/mol. The Balaban J connectivity index is 2.59. The van der Waals surface area contributed by atoms with Crippen molar-refractivity contribution < 1.29 is 14.4 Å². The van der Waals surface area contributed by atoms with Gasteiger partial charge in [0, 0.05) is 18.3 Å². The van der Waals surface area contributed by atoms with Gasteiger partial charge in [0.15, 0.2) is 0 Å². The Morgan fingerprint density at radius 2 is 1.41 bits per heavy atom. The highest BCUT2D eigenvalue weighted by atomic mass is 16.2. The summed E-state index contributed by atoms with van der Waals surface area (Å²) in [5.74, 6) is -0.680. The fraction of sp³-hybridized carbons (Fsp3) is 0.250. The summed E-state index contributed by atoms with van der Waals surface area (Å²) in [5.41, 5.74) is 1.24. The van der Waals surface area contributed by atoms with Gasteiger partial charge in [0.25, 0.3) is 0 Å². The van der Waals surface area contributed by atoms with Crippen molar-refractivity contribution in [2.75, 3.05) is 10.6 Å². The Kier molecular flexibility index (Phi) is 4.39. The lowest BCUT2D eigenvalue weighted by Crippen LogP contribution is -2.14. The first kappa shape index (κ1) is 12.9. The van der Waals surface area contributed by atoms with Crippen LogP contribution in [0.1, 0.15) is 20.3 Å². The maximum absolute atomic E-state index is 11.3. The molecule has 0 radical (unpaired) electrons. The number of nitrogens with one attached hydrogen (secondary N) is 2. The van der Waals surface area contributed by atoms with E-state index in [2.05, 4.69) is 10.6 Å². The van der Waals surface area contributed by atoms with Gasteiger partial charge in [0.2, 0.25) is 11.8 Å². The lowest BCUT2D eigenvalue weighted by Gasteiger charge is -2.05. The van der Waals surface area contributed by atoms with Crippen molar-refractivity contribution in [1.82, 2.24) is 0 Å². The van der Waals surface area contributed by atoms with E-state index in [0.29, 0.717) is 11.4 Å². The van der Waals surface area contributed by atoms with Gasteiger partial charge in [0.05, 0.1) is 6.42 Å². The topological polar surface area (TPSA) is 75.3 Å². The summed E-state index contributed by atoms with van der Waals surface area (Å²) in [5, 5.41) is 5.19. The molecule has 0 heterocycles. The van der Waals surface area contributed by atoms with Crippen LogP contribution >= 0.6 is 0 Å². The first-order chi connectivity index (χ1) is 7.97. The Hall–Kier alpha value is -2.17. The van der Waals surface area contributed by atoms with Gasteiger partial charge in [0.1, 0.15) is 5.78 Å². The average molecular weight is 234 g/mol. The quantitative estimate of drug-likeness (QED) is 0.776. The van der Waals surface area contributed by atoms with Crippen LogP contribution in [0.5, 0.6) is 0 Å². The molecule has 5 nitrogen and oxygen atoms in total. The van der Waals surface area contributed by atoms with E-state index in [4.69, 9.17) is 0 Å². The summed E-state index contributed by atoms with van der Waals surface area (Å²) in [4.78, 5) is 32.8. The zero-order valence-electron chi connectivity index (χ0n) is 9.74. The van der Waals surface area contributed by atoms with Gasteiger partial charge < -0.3 is 10.6 Å². The van der Waals surface area contributed by atoms with E-state index < -0.39 is 0 Å². The molecule has 0 atom stereocenters. The molecule has 0 aromatic heterocycles. The lowest BCUT2D eigenvalue weighted by molar-refractivity contribution is -0.124. The van der Waals surface area contributed by atoms with Gasteiger partial charge in [-0.15, -0.1) is 0 Å². The maximum atomic E-state index is 11.3. The molecule has 0 aliphatic heterocycles. The molecule has 1 rings (SSSR count). The molecule has 1 aromatic carbocycles. The van der Waals surface area contributed by atoms with E-state index in [1.807, 2.05) is 0 Å². The van der Waals surface area contributed by atoms with Gasteiger partial charge in [-0.3, -0.25) is 14.4 Å². The molecule has 90 valence electrons. The van der Waals surface area contributed by atoms with Crippen molar-refractivity contribution >= 4 is 29.0 Å². The number of rotatable bonds is 4. The van der Waals surface area contributed by atoms with E-state index in [1.165, 1.54) is 13.8 Å². The third-order valence-corrected chi connectivity index (χ3v) is 1.90. The number of carbonyl (C=O) groups is 3. The molecular weight excluding hydrogens is 220 g/mol. The zero-order valence-corrected chi connectivity index (χ0v) is 9.74. The molecule has 0 saturated carbocycles. The minimum absolute atomic E-state index is 0.132. The van der Waals surface area contributed by atoms with E-state index >= 15 is 0 Å². The van der Waals surface area contributed by atoms with E-state index in [9.17, 15) is 14.4 Å². The van der Waals surface area contributed by atoms with Gasteiger partial charge in [-0.05, 0) is 31.2 Å². The summed E-state index contributed by atoms with van der Waals surface area (Å²) in [6, 6.07) is 6.65. The SMILES string of the molecule is CC(=O)CC(=O)Nc1ccc(NC(C)=O)cc1. The van der Waals surface area contributed by atoms with Crippen molar-refractivity contribution in [3.8, 4) is 0 Å². The predicted octanol–water partition coefficient (Wildman–Crippen LogP) is 1.56. The molecule has 0 fully saturated rings. The molecule has 1 aromatic rings. The fourth-order valence-electron chi connectivity index (χ4n) is 1.27. The Labute approximate surface area is 99.2 Å². The van der Waals surface area contributed by atoms with Crippen molar-refractivity contribution in [2.24, 2.45) is 0 Å². The smallest absolute Gasteiger partial charge is 0.231 e. The Morgan fingerprint density at radius 3 is 1.82 bits per heavy atom. The molecule has 0 aliphatic rings. The minimum Gasteiger partial charge on any atom is -0.326 e. The fourth-order valence-corrected chi connectivity index (χ4v) is 1.27. The van der Waals surface area contributed by atoms with Crippen LogP contribution < -0.4 is 10.6 Å². The third-order valence-electron chi connectivity index (χ3n) is 1.90. The first-order valence-corrected chi connectivity index (χ1v) is 5.14. The van der Waals surface area contributed by atoms with Crippen LogP contribution in [0.3, 0.4) is 0 Å². The summed E-state index contributed by atoms with van der Waals surface area (Å²) < 4.78 is 0. The van der Waals surface area contributed by atoms with Crippen LogP contribution in [0.4, 0.5) is 11.4 Å². The molecule has 0 spiro atoms. The molecule has 0 saturated heterocycles. The molecule has 5 heteroatoms. The van der Waals surface area contributed by atoms with Gasteiger partial charge in [-0.25, -0.2) is 0 Å². The van der Waals surface area contributed by atoms with Crippen LogP contribution in [0.25, 0.3) is 0 Å². The highest BCUT2D eigenvalue weighted by Crippen LogP contribution is 2.13. The average Bonchev–Trinajstić information content (AvgIpc) is 2.18. The van der Waals surface area contributed by atoms with Crippen LogP contribution in [-0.4, -0.2) is 17.6 Å². The zero-order chi connectivity index (χ0) is 12.8. The molecule has 17 heavy (non-hydrogen) atoms. The van der Waals surface area contributed by atoms with Crippen molar-refractivity contribution in [3.63, 3.8) is 0 Å². The summed E-state index contributed by atoms with van der Waals surface area (Å²) in [7, 11) is 0. The first-order valence-electron chi connectivity index (χ1n) is 5.14. The summed E-state index contributed by atoms with van der Waals surface area (Å²) in [6.45, 7) is 2.78. The Morgan fingerprint density at radius 1 is 0.941 bits per heavy atom. The van der Waals surface area contributed by atoms with Gasteiger partial charge in [-0.2, -0.15) is 0 Å². The molecule has 0 aliphatic carbocycles. The number of ketones is 1. The second kappa shape index (κ2) is 5.79. The maximum Gasteiger partial charge on any atom is 0.231 e. The number of hydrogen-bond acceptors (Lipinski definition) is 3. The van der Waals surface area contributed by atoms with Gasteiger partial charge >= 0.3 is 0 Å². The standard InChI is InChI=1S/C12H14N2O3/c1-8(15)7-12(17)14-11-5-3-10(4-6-11)13-9(2)16/h3-6H,7H2,1-2H3,(H,13,16)(H,14,17). The molecule has 2 N–H and O–H groups in total. The van der Waals surface area contributed by atoms with E-state index in [0.717, 1.165) is 0 Å². The lowest BCUT2D eigenvalue weighted by atomic mass is 10.2. The van der Waals surface area contributed by atoms with Gasteiger partial charge in [-0.1, -0.05) is 0 Å². The highest BCUT2D eigenvalue weighted by Gasteiger charge is 2.05. The van der Waals surface area contributed by atoms with Crippen molar-refractivity contribution in [3.05, 3.63) is 24.3 Å². The van der Waals surface area contributed by atoms with E-state index in [1.54, 1.807) is 24.3 Å². The van der Waals surface area contributed by atoms with Crippen molar-refractivity contribution in [1.29, 1.82) is 0 Å². The number of amides is 2. The second-order valence-corrected chi connectivity index (χ2v) is 3.69. The summed E-state index contributed by atoms with van der Waals surface area (Å²) >= 11 is 0. The number of anilines is 2. The monoisotopic (exact) mass is 234 g/mol. The molecular formula is C12H14N2O3. The van der Waals surface area contributed by atoms with Crippen LogP contribution in [0, 0.1) is 0 Å².